The van der Waals surface area contributed by atoms with Gasteiger partial charge in [0.25, 0.3) is 0 Å². The highest BCUT2D eigenvalue weighted by Crippen LogP contribution is 2.03. The molecule has 3 N–H and O–H groups in total. The van der Waals surface area contributed by atoms with Crippen LogP contribution in [-0.2, 0) is 9.47 Å². The Labute approximate surface area is 88.4 Å². The van der Waals surface area contributed by atoms with E-state index in [1.165, 1.54) is 0 Å². The van der Waals surface area contributed by atoms with Crippen molar-refractivity contribution in [3.05, 3.63) is 0 Å². The van der Waals surface area contributed by atoms with Crippen LogP contribution in [0, 0.1) is 0 Å². The van der Waals surface area contributed by atoms with E-state index in [1.54, 1.807) is 11.8 Å². The van der Waals surface area contributed by atoms with Crippen LogP contribution in [0.3, 0.4) is 0 Å². The van der Waals surface area contributed by atoms with E-state index in [-0.39, 0.29) is 12.3 Å². The molecule has 6 heteroatoms. The fourth-order valence-electron chi connectivity index (χ4n) is 0.953. The number of nitrogens with one attached hydrogen (secondary N) is 1. The minimum absolute atomic E-state index is 0.00249. The summed E-state index contributed by atoms with van der Waals surface area (Å²) in [6, 6.07) is 0.00249. The maximum Gasteiger partial charge on any atom is 0.176 e. The van der Waals surface area contributed by atoms with Crippen LogP contribution in [0.25, 0.3) is 0 Å². The van der Waals surface area contributed by atoms with Gasteiger partial charge in [-0.15, -0.1) is 11.8 Å². The monoisotopic (exact) mass is 219 g/mol. The molecule has 1 aliphatic rings. The Hall–Kier alpha value is -0.300. The molecule has 0 saturated carbocycles. The number of ether oxygens (including phenoxy) is 2. The van der Waals surface area contributed by atoms with Crippen LogP contribution in [0.5, 0.6) is 0 Å². The number of nitrogens with zero attached hydrogens (tertiary/aromatic N) is 1. The first kappa shape index (κ1) is 11.8. The van der Waals surface area contributed by atoms with Gasteiger partial charge in [-0.25, -0.2) is 0 Å². The Morgan fingerprint density at radius 1 is 1.57 bits per heavy atom. The van der Waals surface area contributed by atoms with Crippen molar-refractivity contribution < 1.29 is 9.47 Å². The standard InChI is InChI=1S/C8H17N3O2S/c1-6(14-2)11-10-3-8-12-4-7(9)5-13-8/h7-8,10H,3-5,9H2,1-2H3/b11-6+. The molecule has 0 aromatic rings. The van der Waals surface area contributed by atoms with Crippen LogP contribution in [0.15, 0.2) is 5.10 Å². The van der Waals surface area contributed by atoms with Crippen LogP contribution in [0.1, 0.15) is 6.92 Å². The van der Waals surface area contributed by atoms with E-state index >= 15 is 0 Å². The van der Waals surface area contributed by atoms with Crippen LogP contribution in [0.4, 0.5) is 0 Å². The van der Waals surface area contributed by atoms with Gasteiger partial charge in [0.05, 0.1) is 30.8 Å². The third kappa shape index (κ3) is 4.28. The molecular formula is C8H17N3O2S. The average molecular weight is 219 g/mol. The third-order valence-electron chi connectivity index (χ3n) is 1.78. The smallest absolute Gasteiger partial charge is 0.176 e. The highest BCUT2D eigenvalue weighted by Gasteiger charge is 2.18. The predicted octanol–water partition coefficient (Wildman–Crippen LogP) is -0.0274. The second kappa shape index (κ2) is 6.23. The molecular weight excluding hydrogens is 202 g/mol. The maximum absolute atomic E-state index is 5.59. The zero-order valence-electron chi connectivity index (χ0n) is 8.53. The van der Waals surface area contributed by atoms with Crippen LogP contribution in [0.2, 0.25) is 0 Å². The lowest BCUT2D eigenvalue weighted by Gasteiger charge is -2.26. The second-order valence-electron chi connectivity index (χ2n) is 3.05. The molecule has 0 aromatic carbocycles. The SMILES string of the molecule is CS/C(C)=N/NCC1OCC(N)CO1. The Morgan fingerprint density at radius 2 is 2.21 bits per heavy atom. The van der Waals surface area contributed by atoms with Crippen molar-refractivity contribution in [1.29, 1.82) is 0 Å². The van der Waals surface area contributed by atoms with Crippen molar-refractivity contribution in [3.63, 3.8) is 0 Å². The summed E-state index contributed by atoms with van der Waals surface area (Å²) in [7, 11) is 0. The zero-order valence-corrected chi connectivity index (χ0v) is 9.34. The third-order valence-corrected chi connectivity index (χ3v) is 2.46. The highest BCUT2D eigenvalue weighted by atomic mass is 32.2. The van der Waals surface area contributed by atoms with Crippen molar-refractivity contribution in [3.8, 4) is 0 Å². The Bertz CT molecular complexity index is 193. The number of hydrogen-bond acceptors (Lipinski definition) is 6. The van der Waals surface area contributed by atoms with Gasteiger partial charge in [0.15, 0.2) is 6.29 Å². The van der Waals surface area contributed by atoms with E-state index in [4.69, 9.17) is 15.2 Å². The average Bonchev–Trinajstić information content (AvgIpc) is 2.21. The number of hydrogen-bond donors (Lipinski definition) is 2. The van der Waals surface area contributed by atoms with Gasteiger partial charge in [-0.05, 0) is 13.2 Å². The summed E-state index contributed by atoms with van der Waals surface area (Å²) in [5.41, 5.74) is 8.49. The van der Waals surface area contributed by atoms with Crippen LogP contribution < -0.4 is 11.2 Å². The largest absolute Gasteiger partial charge is 0.349 e. The highest BCUT2D eigenvalue weighted by molar-refractivity contribution is 8.13. The molecule has 0 aliphatic carbocycles. The van der Waals surface area contributed by atoms with Gasteiger partial charge in [-0.3, -0.25) is 0 Å². The van der Waals surface area contributed by atoms with Gasteiger partial charge in [0.2, 0.25) is 0 Å². The maximum atomic E-state index is 5.59. The first-order valence-electron chi connectivity index (χ1n) is 4.52. The Balaban J connectivity index is 2.13. The fourth-order valence-corrected chi connectivity index (χ4v) is 1.11. The summed E-state index contributed by atoms with van der Waals surface area (Å²) in [5, 5.41) is 5.08. The molecule has 0 bridgehead atoms. The number of rotatable bonds is 3. The van der Waals surface area contributed by atoms with Gasteiger partial charge in [-0.1, -0.05) is 0 Å². The van der Waals surface area contributed by atoms with Crippen molar-refractivity contribution in [2.45, 2.75) is 19.3 Å². The lowest BCUT2D eigenvalue weighted by molar-refractivity contribution is -0.182. The van der Waals surface area contributed by atoms with E-state index in [0.29, 0.717) is 19.8 Å². The molecule has 0 unspecified atom stereocenters. The number of nitrogens with two attached hydrogens (primary N) is 1. The molecule has 1 saturated heterocycles. The predicted molar refractivity (Wildman–Crippen MR) is 58.3 cm³/mol. The Morgan fingerprint density at radius 3 is 2.79 bits per heavy atom. The summed E-state index contributed by atoms with van der Waals surface area (Å²) in [4.78, 5) is 0. The topological polar surface area (TPSA) is 68.9 Å². The van der Waals surface area contributed by atoms with E-state index in [1.807, 2.05) is 13.2 Å². The van der Waals surface area contributed by atoms with E-state index in [2.05, 4.69) is 10.5 Å². The molecule has 1 aliphatic heterocycles. The van der Waals surface area contributed by atoms with Gasteiger partial charge in [-0.2, -0.15) is 5.10 Å². The van der Waals surface area contributed by atoms with Gasteiger partial charge < -0.3 is 20.6 Å². The van der Waals surface area contributed by atoms with Gasteiger partial charge in [0, 0.05) is 0 Å². The van der Waals surface area contributed by atoms with E-state index in [9.17, 15) is 0 Å². The first-order chi connectivity index (χ1) is 6.72. The minimum atomic E-state index is -0.229. The second-order valence-corrected chi connectivity index (χ2v) is 4.05. The van der Waals surface area contributed by atoms with Crippen LogP contribution >= 0.6 is 11.8 Å². The van der Waals surface area contributed by atoms with E-state index < -0.39 is 0 Å². The fraction of sp³-hybridized carbons (Fsp3) is 0.875. The molecule has 0 atom stereocenters. The summed E-state index contributed by atoms with van der Waals surface area (Å²) < 4.78 is 10.6. The number of hydrazone groups is 1. The quantitative estimate of drug-likeness (QED) is 0.396. The molecule has 0 amide bonds. The van der Waals surface area contributed by atoms with Gasteiger partial charge >= 0.3 is 0 Å². The molecule has 0 spiro atoms. The first-order valence-corrected chi connectivity index (χ1v) is 5.74. The number of thioether (sulfide) groups is 1. The zero-order chi connectivity index (χ0) is 10.4. The minimum Gasteiger partial charge on any atom is -0.349 e. The van der Waals surface area contributed by atoms with Gasteiger partial charge in [0.1, 0.15) is 0 Å². The molecule has 82 valence electrons. The normalized spacial score (nSPS) is 28.9. The molecule has 0 aromatic heterocycles. The van der Waals surface area contributed by atoms with Crippen molar-refractivity contribution in [2.24, 2.45) is 10.8 Å². The lowest BCUT2D eigenvalue weighted by atomic mass is 10.3. The molecule has 0 radical (unpaired) electrons. The summed E-state index contributed by atoms with van der Waals surface area (Å²) in [6.45, 7) is 3.61. The molecule has 14 heavy (non-hydrogen) atoms. The van der Waals surface area contributed by atoms with Crippen LogP contribution in [-0.4, -0.2) is 43.4 Å². The van der Waals surface area contributed by atoms with Crippen molar-refractivity contribution >= 4 is 16.8 Å². The summed E-state index contributed by atoms with van der Waals surface area (Å²) >= 11 is 1.60. The molecule has 5 nitrogen and oxygen atoms in total. The molecule has 1 heterocycles. The Kier molecular flexibility index (Phi) is 5.24. The lowest BCUT2D eigenvalue weighted by Crippen LogP contribution is -2.44. The summed E-state index contributed by atoms with van der Waals surface area (Å²) in [5.74, 6) is 0. The van der Waals surface area contributed by atoms with Crippen molar-refractivity contribution in [1.82, 2.24) is 5.43 Å². The van der Waals surface area contributed by atoms with E-state index in [0.717, 1.165) is 5.04 Å². The summed E-state index contributed by atoms with van der Waals surface area (Å²) in [6.07, 6.45) is 1.75. The van der Waals surface area contributed by atoms with Crippen molar-refractivity contribution in [2.75, 3.05) is 26.0 Å². The molecule has 1 rings (SSSR count). The molecule has 1 fully saturated rings.